The van der Waals surface area contributed by atoms with Crippen molar-refractivity contribution in [2.24, 2.45) is 5.92 Å². The van der Waals surface area contributed by atoms with E-state index in [9.17, 15) is 0 Å². The Labute approximate surface area is 90.6 Å². The van der Waals surface area contributed by atoms with Gasteiger partial charge in [0.2, 0.25) is 0 Å². The fourth-order valence-corrected chi connectivity index (χ4v) is 1.20. The summed E-state index contributed by atoms with van der Waals surface area (Å²) in [6.45, 7) is 2.79. The van der Waals surface area contributed by atoms with E-state index in [4.69, 9.17) is 14.6 Å². The first-order chi connectivity index (χ1) is 7.27. The van der Waals surface area contributed by atoms with Crippen molar-refractivity contribution in [2.75, 3.05) is 20.3 Å². The lowest BCUT2D eigenvalue weighted by atomic mass is 10.1. The zero-order valence-electron chi connectivity index (χ0n) is 9.27. The first kappa shape index (κ1) is 11.9. The number of ether oxygens (including phenoxy) is 2. The highest BCUT2D eigenvalue weighted by Gasteiger charge is 2.04. The van der Waals surface area contributed by atoms with E-state index in [-0.39, 0.29) is 12.5 Å². The van der Waals surface area contributed by atoms with Gasteiger partial charge in [-0.05, 0) is 24.5 Å². The molecule has 0 aliphatic heterocycles. The van der Waals surface area contributed by atoms with Crippen LogP contribution < -0.4 is 9.47 Å². The van der Waals surface area contributed by atoms with E-state index in [1.807, 2.05) is 31.2 Å². The average molecular weight is 210 g/mol. The summed E-state index contributed by atoms with van der Waals surface area (Å²) in [5.41, 5.74) is 0. The highest BCUT2D eigenvalue weighted by Crippen LogP contribution is 2.25. The van der Waals surface area contributed by atoms with E-state index in [1.165, 1.54) is 0 Å². The Bertz CT molecular complexity index is 286. The normalized spacial score (nSPS) is 12.2. The maximum atomic E-state index is 8.85. The number of benzene rings is 1. The largest absolute Gasteiger partial charge is 0.493 e. The van der Waals surface area contributed by atoms with Crippen LogP contribution in [0.2, 0.25) is 0 Å². The molecule has 0 aliphatic carbocycles. The molecule has 84 valence electrons. The van der Waals surface area contributed by atoms with Gasteiger partial charge in [0.05, 0.1) is 13.7 Å². The molecule has 0 amide bonds. The van der Waals surface area contributed by atoms with E-state index >= 15 is 0 Å². The summed E-state index contributed by atoms with van der Waals surface area (Å²) in [5.74, 6) is 1.78. The monoisotopic (exact) mass is 210 g/mol. The number of para-hydroxylation sites is 2. The molecule has 0 saturated carbocycles. The summed E-state index contributed by atoms with van der Waals surface area (Å²) in [6, 6.07) is 7.56. The molecule has 1 N–H and O–H groups in total. The van der Waals surface area contributed by atoms with Gasteiger partial charge in [-0.15, -0.1) is 0 Å². The molecule has 0 heterocycles. The molecule has 3 heteroatoms. The Morgan fingerprint density at radius 3 is 2.53 bits per heavy atom. The minimum atomic E-state index is 0.204. The molecular formula is C12H18O3. The number of methoxy groups -OCH3 is 1. The maximum absolute atomic E-state index is 8.85. The molecule has 0 bridgehead atoms. The second-order valence-electron chi connectivity index (χ2n) is 3.58. The van der Waals surface area contributed by atoms with Gasteiger partial charge in [-0.1, -0.05) is 19.1 Å². The zero-order valence-corrected chi connectivity index (χ0v) is 9.27. The molecule has 1 rings (SSSR count). The Morgan fingerprint density at radius 2 is 1.93 bits per heavy atom. The molecular weight excluding hydrogens is 192 g/mol. The van der Waals surface area contributed by atoms with Crippen LogP contribution in [-0.4, -0.2) is 25.4 Å². The predicted molar refractivity (Wildman–Crippen MR) is 59.4 cm³/mol. The topological polar surface area (TPSA) is 38.7 Å². The van der Waals surface area contributed by atoms with Crippen LogP contribution in [0.3, 0.4) is 0 Å². The van der Waals surface area contributed by atoms with Crippen LogP contribution in [0.4, 0.5) is 0 Å². The predicted octanol–water partition coefficient (Wildman–Crippen LogP) is 2.09. The fourth-order valence-electron chi connectivity index (χ4n) is 1.20. The van der Waals surface area contributed by atoms with Crippen LogP contribution in [-0.2, 0) is 0 Å². The van der Waals surface area contributed by atoms with Crippen LogP contribution in [0.15, 0.2) is 24.3 Å². The van der Waals surface area contributed by atoms with Gasteiger partial charge in [-0.3, -0.25) is 0 Å². The summed E-state index contributed by atoms with van der Waals surface area (Å²) >= 11 is 0. The summed E-state index contributed by atoms with van der Waals surface area (Å²) in [5, 5.41) is 8.85. The summed E-state index contributed by atoms with van der Waals surface area (Å²) < 4.78 is 10.7. The van der Waals surface area contributed by atoms with Crippen molar-refractivity contribution in [1.29, 1.82) is 0 Å². The highest BCUT2D eigenvalue weighted by atomic mass is 16.5. The van der Waals surface area contributed by atoms with E-state index in [1.54, 1.807) is 7.11 Å². The lowest BCUT2D eigenvalue weighted by molar-refractivity contribution is 0.199. The van der Waals surface area contributed by atoms with Gasteiger partial charge >= 0.3 is 0 Å². The molecule has 0 saturated heterocycles. The van der Waals surface area contributed by atoms with Gasteiger partial charge < -0.3 is 14.6 Å². The third kappa shape index (κ3) is 3.80. The number of aliphatic hydroxyl groups excluding tert-OH is 1. The second-order valence-corrected chi connectivity index (χ2v) is 3.58. The number of aliphatic hydroxyl groups is 1. The van der Waals surface area contributed by atoms with Crippen molar-refractivity contribution in [1.82, 2.24) is 0 Å². The second kappa shape index (κ2) is 6.30. The standard InChI is InChI=1S/C12H18O3/c1-10(9-13)7-8-15-12-6-4-3-5-11(12)14-2/h3-6,10,13H,7-9H2,1-2H3. The Morgan fingerprint density at radius 1 is 1.27 bits per heavy atom. The summed E-state index contributed by atoms with van der Waals surface area (Å²) in [7, 11) is 1.62. The van der Waals surface area contributed by atoms with Gasteiger partial charge in [0.1, 0.15) is 0 Å². The molecule has 0 fully saturated rings. The molecule has 0 radical (unpaired) electrons. The first-order valence-electron chi connectivity index (χ1n) is 5.14. The molecule has 15 heavy (non-hydrogen) atoms. The molecule has 3 nitrogen and oxygen atoms in total. The van der Waals surface area contributed by atoms with Crippen molar-refractivity contribution >= 4 is 0 Å². The smallest absolute Gasteiger partial charge is 0.161 e. The van der Waals surface area contributed by atoms with E-state index in [2.05, 4.69) is 0 Å². The van der Waals surface area contributed by atoms with Crippen LogP contribution in [0, 0.1) is 5.92 Å². The van der Waals surface area contributed by atoms with E-state index in [0.29, 0.717) is 6.61 Å². The van der Waals surface area contributed by atoms with Crippen molar-refractivity contribution in [3.8, 4) is 11.5 Å². The van der Waals surface area contributed by atoms with Gasteiger partial charge in [0.25, 0.3) is 0 Å². The summed E-state index contributed by atoms with van der Waals surface area (Å²) in [6.07, 6.45) is 0.842. The Balaban J connectivity index is 2.43. The third-order valence-corrected chi connectivity index (χ3v) is 2.25. The number of rotatable bonds is 6. The van der Waals surface area contributed by atoms with Crippen molar-refractivity contribution in [2.45, 2.75) is 13.3 Å². The van der Waals surface area contributed by atoms with Crippen molar-refractivity contribution in [3.63, 3.8) is 0 Å². The van der Waals surface area contributed by atoms with Gasteiger partial charge in [0, 0.05) is 6.61 Å². The van der Waals surface area contributed by atoms with Crippen LogP contribution in [0.1, 0.15) is 13.3 Å². The Hall–Kier alpha value is -1.22. The Kier molecular flexibility index (Phi) is 4.98. The first-order valence-corrected chi connectivity index (χ1v) is 5.14. The molecule has 0 aliphatic rings. The lowest BCUT2D eigenvalue weighted by Gasteiger charge is -2.12. The van der Waals surface area contributed by atoms with Crippen LogP contribution >= 0.6 is 0 Å². The number of hydrogen-bond donors (Lipinski definition) is 1. The molecule has 0 aromatic heterocycles. The van der Waals surface area contributed by atoms with Crippen LogP contribution in [0.25, 0.3) is 0 Å². The SMILES string of the molecule is COc1ccccc1OCCC(C)CO. The molecule has 1 aromatic rings. The average Bonchev–Trinajstić information content (AvgIpc) is 2.29. The molecule has 1 atom stereocenters. The quantitative estimate of drug-likeness (QED) is 0.781. The van der Waals surface area contributed by atoms with E-state index < -0.39 is 0 Å². The molecule has 1 aromatic carbocycles. The molecule has 1 unspecified atom stereocenters. The zero-order chi connectivity index (χ0) is 11.1. The molecule has 0 spiro atoms. The summed E-state index contributed by atoms with van der Waals surface area (Å²) in [4.78, 5) is 0. The van der Waals surface area contributed by atoms with Gasteiger partial charge in [-0.25, -0.2) is 0 Å². The van der Waals surface area contributed by atoms with E-state index in [0.717, 1.165) is 17.9 Å². The van der Waals surface area contributed by atoms with Crippen LogP contribution in [0.5, 0.6) is 11.5 Å². The maximum Gasteiger partial charge on any atom is 0.161 e. The lowest BCUT2D eigenvalue weighted by Crippen LogP contribution is -2.07. The minimum Gasteiger partial charge on any atom is -0.493 e. The van der Waals surface area contributed by atoms with Crippen molar-refractivity contribution in [3.05, 3.63) is 24.3 Å². The third-order valence-electron chi connectivity index (χ3n) is 2.25. The van der Waals surface area contributed by atoms with Crippen molar-refractivity contribution < 1.29 is 14.6 Å². The van der Waals surface area contributed by atoms with Gasteiger partial charge in [0.15, 0.2) is 11.5 Å². The highest BCUT2D eigenvalue weighted by molar-refractivity contribution is 5.39. The fraction of sp³-hybridized carbons (Fsp3) is 0.500. The number of hydrogen-bond acceptors (Lipinski definition) is 3. The minimum absolute atomic E-state index is 0.204. The van der Waals surface area contributed by atoms with Gasteiger partial charge in [-0.2, -0.15) is 0 Å².